The fraction of sp³-hybridized carbons (Fsp3) is 0.111. The highest BCUT2D eigenvalue weighted by Gasteiger charge is 2.20. The number of hydrogen-bond donors (Lipinski definition) is 1. The maximum absolute atomic E-state index is 12.7. The summed E-state index contributed by atoms with van der Waals surface area (Å²) in [6, 6.07) is 14.4. The Balaban J connectivity index is 2.26. The minimum Gasteiger partial charge on any atom is -0.475 e. The topological polar surface area (TPSA) is 67.5 Å². The molecule has 1 N–H and O–H groups in total. The van der Waals surface area contributed by atoms with Crippen LogP contribution >= 0.6 is 0 Å². The zero-order chi connectivity index (χ0) is 15.7. The first-order chi connectivity index (χ1) is 10.6. The molecule has 3 aromatic rings. The van der Waals surface area contributed by atoms with Gasteiger partial charge in [0.25, 0.3) is 0 Å². The molecule has 0 spiro atoms. The molecule has 4 nitrogen and oxygen atoms in total. The van der Waals surface area contributed by atoms with E-state index in [0.29, 0.717) is 11.0 Å². The van der Waals surface area contributed by atoms with Gasteiger partial charge < -0.3 is 9.52 Å². The van der Waals surface area contributed by atoms with Crippen molar-refractivity contribution < 1.29 is 14.3 Å². The molecule has 0 bridgehead atoms. The van der Waals surface area contributed by atoms with Crippen LogP contribution in [-0.2, 0) is 6.42 Å². The van der Waals surface area contributed by atoms with Crippen LogP contribution in [0, 0.1) is 6.92 Å². The van der Waals surface area contributed by atoms with E-state index in [2.05, 4.69) is 0 Å². The van der Waals surface area contributed by atoms with Gasteiger partial charge in [-0.3, -0.25) is 4.79 Å². The van der Waals surface area contributed by atoms with E-state index < -0.39 is 5.97 Å². The van der Waals surface area contributed by atoms with Crippen molar-refractivity contribution in [3.8, 4) is 0 Å². The van der Waals surface area contributed by atoms with E-state index in [-0.39, 0.29) is 23.2 Å². The molecular formula is C18H14O4. The Morgan fingerprint density at radius 3 is 2.55 bits per heavy atom. The molecule has 0 aliphatic heterocycles. The molecule has 0 aliphatic carbocycles. The summed E-state index contributed by atoms with van der Waals surface area (Å²) in [5.41, 5.74) is 1.98. The number of carboxylic acid groups (broad SMARTS) is 1. The third-order valence-corrected chi connectivity index (χ3v) is 3.56. The number of carboxylic acids is 1. The monoisotopic (exact) mass is 294 g/mol. The molecule has 3 rings (SSSR count). The number of rotatable bonds is 3. The minimum atomic E-state index is -1.23. The van der Waals surface area contributed by atoms with Gasteiger partial charge in [0.2, 0.25) is 5.76 Å². The summed E-state index contributed by atoms with van der Waals surface area (Å²) in [5.74, 6) is -1.52. The van der Waals surface area contributed by atoms with Crippen LogP contribution < -0.4 is 5.43 Å². The highest BCUT2D eigenvalue weighted by atomic mass is 16.4. The van der Waals surface area contributed by atoms with Gasteiger partial charge in [0.1, 0.15) is 5.58 Å². The van der Waals surface area contributed by atoms with E-state index in [1.54, 1.807) is 18.2 Å². The van der Waals surface area contributed by atoms with Gasteiger partial charge >= 0.3 is 5.97 Å². The Kier molecular flexibility index (Phi) is 3.51. The first-order valence-electron chi connectivity index (χ1n) is 6.90. The van der Waals surface area contributed by atoms with Crippen molar-refractivity contribution in [2.45, 2.75) is 13.3 Å². The third kappa shape index (κ3) is 2.51. The average molecular weight is 294 g/mol. The van der Waals surface area contributed by atoms with E-state index >= 15 is 0 Å². The van der Waals surface area contributed by atoms with E-state index in [1.807, 2.05) is 37.3 Å². The number of fused-ring (bicyclic) bond motifs is 1. The zero-order valence-corrected chi connectivity index (χ0v) is 12.0. The van der Waals surface area contributed by atoms with E-state index in [0.717, 1.165) is 11.1 Å². The lowest BCUT2D eigenvalue weighted by Gasteiger charge is -2.07. The fourth-order valence-corrected chi connectivity index (χ4v) is 2.48. The number of aryl methyl sites for hydroxylation is 1. The maximum Gasteiger partial charge on any atom is 0.372 e. The first kappa shape index (κ1) is 14.1. The van der Waals surface area contributed by atoms with E-state index in [1.165, 1.54) is 0 Å². The van der Waals surface area contributed by atoms with Crippen LogP contribution in [0.15, 0.2) is 57.7 Å². The fourth-order valence-electron chi connectivity index (χ4n) is 2.48. The molecule has 1 heterocycles. The van der Waals surface area contributed by atoms with Crippen molar-refractivity contribution in [1.29, 1.82) is 0 Å². The van der Waals surface area contributed by atoms with Gasteiger partial charge in [0, 0.05) is 6.42 Å². The number of hydrogen-bond acceptors (Lipinski definition) is 3. The van der Waals surface area contributed by atoms with Crippen molar-refractivity contribution in [2.24, 2.45) is 0 Å². The first-order valence-corrected chi connectivity index (χ1v) is 6.90. The van der Waals surface area contributed by atoms with Crippen LogP contribution in [-0.4, -0.2) is 11.1 Å². The second-order valence-corrected chi connectivity index (χ2v) is 5.21. The molecule has 22 heavy (non-hydrogen) atoms. The van der Waals surface area contributed by atoms with Gasteiger partial charge in [-0.05, 0) is 24.6 Å². The van der Waals surface area contributed by atoms with Crippen LogP contribution in [0.4, 0.5) is 0 Å². The Hall–Kier alpha value is -2.88. The summed E-state index contributed by atoms with van der Waals surface area (Å²) in [5, 5.41) is 9.76. The standard InChI is InChI=1S/C18H14O4/c1-11-7-8-15-13(9-11)16(19)14(17(22-15)18(20)21)10-12-5-3-2-4-6-12/h2-9H,10H2,1H3,(H,20,21). The van der Waals surface area contributed by atoms with Gasteiger partial charge in [0.15, 0.2) is 5.43 Å². The summed E-state index contributed by atoms with van der Waals surface area (Å²) in [6.07, 6.45) is 0.231. The van der Waals surface area contributed by atoms with Crippen molar-refractivity contribution in [3.63, 3.8) is 0 Å². The molecule has 0 aliphatic rings. The van der Waals surface area contributed by atoms with Crippen molar-refractivity contribution >= 4 is 16.9 Å². The molecule has 0 unspecified atom stereocenters. The molecule has 0 atom stereocenters. The average Bonchev–Trinajstić information content (AvgIpc) is 2.51. The van der Waals surface area contributed by atoms with E-state index in [4.69, 9.17) is 4.42 Å². The molecule has 110 valence electrons. The Morgan fingerprint density at radius 2 is 1.86 bits per heavy atom. The molecule has 0 fully saturated rings. The summed E-state index contributed by atoms with van der Waals surface area (Å²) in [6.45, 7) is 1.88. The van der Waals surface area contributed by atoms with Crippen molar-refractivity contribution in [1.82, 2.24) is 0 Å². The van der Waals surface area contributed by atoms with Gasteiger partial charge in [-0.2, -0.15) is 0 Å². The van der Waals surface area contributed by atoms with Gasteiger partial charge in [-0.15, -0.1) is 0 Å². The molecule has 0 amide bonds. The lowest BCUT2D eigenvalue weighted by Crippen LogP contribution is -2.16. The van der Waals surface area contributed by atoms with Crippen LogP contribution in [0.5, 0.6) is 0 Å². The third-order valence-electron chi connectivity index (χ3n) is 3.56. The Morgan fingerprint density at radius 1 is 1.14 bits per heavy atom. The summed E-state index contributed by atoms with van der Waals surface area (Å²) in [4.78, 5) is 24.1. The lowest BCUT2D eigenvalue weighted by molar-refractivity contribution is 0.0661. The number of aromatic carboxylic acids is 1. The van der Waals surface area contributed by atoms with Crippen LogP contribution in [0.2, 0.25) is 0 Å². The van der Waals surface area contributed by atoms with Crippen molar-refractivity contribution in [3.05, 3.63) is 81.2 Å². The molecule has 0 saturated carbocycles. The molecule has 1 aromatic heterocycles. The minimum absolute atomic E-state index is 0.178. The number of benzene rings is 2. The molecule has 4 heteroatoms. The highest BCUT2D eigenvalue weighted by Crippen LogP contribution is 2.19. The summed E-state index contributed by atoms with van der Waals surface area (Å²) < 4.78 is 5.46. The predicted molar refractivity (Wildman–Crippen MR) is 83.4 cm³/mol. The van der Waals surface area contributed by atoms with Crippen LogP contribution in [0.3, 0.4) is 0 Å². The second-order valence-electron chi connectivity index (χ2n) is 5.21. The van der Waals surface area contributed by atoms with Gasteiger partial charge in [0.05, 0.1) is 10.9 Å². The maximum atomic E-state index is 12.7. The summed E-state index contributed by atoms with van der Waals surface area (Å²) >= 11 is 0. The quantitative estimate of drug-likeness (QED) is 0.804. The summed E-state index contributed by atoms with van der Waals surface area (Å²) in [7, 11) is 0. The smallest absolute Gasteiger partial charge is 0.372 e. The Bertz CT molecular complexity index is 908. The Labute approximate surface area is 126 Å². The second kappa shape index (κ2) is 5.48. The molecule has 0 radical (unpaired) electrons. The SMILES string of the molecule is Cc1ccc2oc(C(=O)O)c(Cc3ccccc3)c(=O)c2c1. The highest BCUT2D eigenvalue weighted by molar-refractivity contribution is 5.89. The molecule has 2 aromatic carbocycles. The van der Waals surface area contributed by atoms with Crippen molar-refractivity contribution in [2.75, 3.05) is 0 Å². The van der Waals surface area contributed by atoms with Crippen LogP contribution in [0.25, 0.3) is 11.0 Å². The zero-order valence-electron chi connectivity index (χ0n) is 12.0. The van der Waals surface area contributed by atoms with Gasteiger partial charge in [-0.25, -0.2) is 4.79 Å². The van der Waals surface area contributed by atoms with Crippen LogP contribution in [0.1, 0.15) is 27.2 Å². The number of carbonyl (C=O) groups is 1. The molecular weight excluding hydrogens is 280 g/mol. The normalized spacial score (nSPS) is 10.8. The lowest BCUT2D eigenvalue weighted by atomic mass is 10.0. The van der Waals surface area contributed by atoms with E-state index in [9.17, 15) is 14.7 Å². The van der Waals surface area contributed by atoms with Gasteiger partial charge in [-0.1, -0.05) is 42.0 Å². The predicted octanol–water partition coefficient (Wildman–Crippen LogP) is 3.39. The molecule has 0 saturated heterocycles. The largest absolute Gasteiger partial charge is 0.475 e.